The van der Waals surface area contributed by atoms with Crippen molar-refractivity contribution in [2.75, 3.05) is 20.3 Å². The Hall–Kier alpha value is -4.26. The summed E-state index contributed by atoms with van der Waals surface area (Å²) in [4.78, 5) is 27.7. The van der Waals surface area contributed by atoms with Crippen molar-refractivity contribution in [1.82, 2.24) is 4.90 Å². The number of likely N-dealkylation sites (tertiary alicyclic amines) is 1. The minimum atomic E-state index is -0.761. The first-order chi connectivity index (χ1) is 18.0. The summed E-state index contributed by atoms with van der Waals surface area (Å²) in [6, 6.07) is 21.1. The van der Waals surface area contributed by atoms with E-state index in [9.17, 15) is 14.7 Å². The SMILES string of the molecule is CCCN1C(=O)C(=O)/C(=C(\O)c2ccc(OCC)cc2)C1c1ccc(OCc2ccccc2)c(OC)c1. The third kappa shape index (κ3) is 5.45. The number of Topliss-reactive ketones (excluding diaryl/α,β-unsaturated/α-hetero) is 1. The van der Waals surface area contributed by atoms with Gasteiger partial charge in [-0.1, -0.05) is 43.3 Å². The topological polar surface area (TPSA) is 85.3 Å². The lowest BCUT2D eigenvalue weighted by Gasteiger charge is -2.25. The fourth-order valence-electron chi connectivity index (χ4n) is 4.44. The highest BCUT2D eigenvalue weighted by Crippen LogP contribution is 2.42. The molecule has 1 amide bonds. The summed E-state index contributed by atoms with van der Waals surface area (Å²) in [7, 11) is 1.54. The third-order valence-electron chi connectivity index (χ3n) is 6.18. The first kappa shape index (κ1) is 25.8. The number of benzene rings is 3. The average Bonchev–Trinajstić information content (AvgIpc) is 3.18. The van der Waals surface area contributed by atoms with Crippen LogP contribution in [-0.4, -0.2) is 42.0 Å². The lowest BCUT2D eigenvalue weighted by Crippen LogP contribution is -2.30. The summed E-state index contributed by atoms with van der Waals surface area (Å²) in [5.74, 6) is 0.0767. The van der Waals surface area contributed by atoms with Crippen molar-refractivity contribution in [3.63, 3.8) is 0 Å². The van der Waals surface area contributed by atoms with Gasteiger partial charge in [0.25, 0.3) is 11.7 Å². The molecule has 1 aliphatic heterocycles. The van der Waals surface area contributed by atoms with Gasteiger partial charge in [0.2, 0.25) is 0 Å². The fourth-order valence-corrected chi connectivity index (χ4v) is 4.44. The van der Waals surface area contributed by atoms with Crippen molar-refractivity contribution >= 4 is 17.4 Å². The van der Waals surface area contributed by atoms with Crippen molar-refractivity contribution in [2.24, 2.45) is 0 Å². The highest BCUT2D eigenvalue weighted by Gasteiger charge is 2.45. The van der Waals surface area contributed by atoms with E-state index in [2.05, 4.69) is 0 Å². The van der Waals surface area contributed by atoms with Crippen molar-refractivity contribution in [3.8, 4) is 17.2 Å². The Morgan fingerprint density at radius 3 is 2.30 bits per heavy atom. The number of carbonyl (C=O) groups is 2. The highest BCUT2D eigenvalue weighted by molar-refractivity contribution is 6.46. The monoisotopic (exact) mass is 501 g/mol. The Balaban J connectivity index is 1.72. The molecule has 1 saturated heterocycles. The highest BCUT2D eigenvalue weighted by atomic mass is 16.5. The number of aliphatic hydroxyl groups excluding tert-OH is 1. The second-order valence-corrected chi connectivity index (χ2v) is 8.63. The van der Waals surface area contributed by atoms with Crippen molar-refractivity contribution in [2.45, 2.75) is 32.9 Å². The number of methoxy groups -OCH3 is 1. The van der Waals surface area contributed by atoms with Gasteiger partial charge in [0.1, 0.15) is 18.1 Å². The smallest absolute Gasteiger partial charge is 0.295 e. The van der Waals surface area contributed by atoms with Crippen LogP contribution in [0.2, 0.25) is 0 Å². The summed E-state index contributed by atoms with van der Waals surface area (Å²) in [6.45, 7) is 5.06. The molecule has 0 bridgehead atoms. The Kier molecular flexibility index (Phi) is 8.13. The van der Waals surface area contributed by atoms with E-state index in [-0.39, 0.29) is 11.3 Å². The van der Waals surface area contributed by atoms with Gasteiger partial charge in [-0.25, -0.2) is 0 Å². The van der Waals surface area contributed by atoms with Crippen LogP contribution < -0.4 is 14.2 Å². The van der Waals surface area contributed by atoms with Crippen LogP contribution in [0.3, 0.4) is 0 Å². The second kappa shape index (κ2) is 11.6. The zero-order valence-corrected chi connectivity index (χ0v) is 21.3. The van der Waals surface area contributed by atoms with E-state index in [4.69, 9.17) is 14.2 Å². The quantitative estimate of drug-likeness (QED) is 0.224. The molecule has 1 N–H and O–H groups in total. The molecular formula is C30H31NO6. The molecule has 1 atom stereocenters. The molecule has 1 aliphatic rings. The standard InChI is InChI=1S/C30H31NO6/c1-4-17-31-27(22-13-16-24(25(18-22)35-3)37-19-20-9-7-6-8-10-20)26(29(33)30(31)34)28(32)21-11-14-23(15-12-21)36-5-2/h6-16,18,27,32H,4-5,17,19H2,1-3H3/b28-26-. The maximum Gasteiger partial charge on any atom is 0.295 e. The summed E-state index contributed by atoms with van der Waals surface area (Å²) in [5.41, 5.74) is 2.13. The molecule has 1 unspecified atom stereocenters. The Morgan fingerprint density at radius 2 is 1.65 bits per heavy atom. The Morgan fingerprint density at radius 1 is 0.919 bits per heavy atom. The number of ether oxygens (including phenoxy) is 3. The normalized spacial score (nSPS) is 16.6. The zero-order valence-electron chi connectivity index (χ0n) is 21.3. The van der Waals surface area contributed by atoms with E-state index in [0.29, 0.717) is 54.6 Å². The molecule has 4 rings (SSSR count). The molecule has 7 nitrogen and oxygen atoms in total. The van der Waals surface area contributed by atoms with Gasteiger partial charge in [-0.05, 0) is 60.9 Å². The molecule has 0 radical (unpaired) electrons. The van der Waals surface area contributed by atoms with Gasteiger partial charge in [0.05, 0.1) is 25.3 Å². The number of nitrogens with zero attached hydrogens (tertiary/aromatic N) is 1. The summed E-state index contributed by atoms with van der Waals surface area (Å²) in [5, 5.41) is 11.2. The summed E-state index contributed by atoms with van der Waals surface area (Å²) in [6.07, 6.45) is 0.655. The number of hydrogen-bond donors (Lipinski definition) is 1. The molecule has 0 aliphatic carbocycles. The van der Waals surface area contributed by atoms with Crippen LogP contribution in [0.5, 0.6) is 17.2 Å². The number of hydrogen-bond acceptors (Lipinski definition) is 6. The molecule has 192 valence electrons. The first-order valence-electron chi connectivity index (χ1n) is 12.3. The molecular weight excluding hydrogens is 470 g/mol. The van der Waals surface area contributed by atoms with E-state index >= 15 is 0 Å². The molecule has 3 aromatic rings. The maximum absolute atomic E-state index is 13.1. The molecule has 0 spiro atoms. The summed E-state index contributed by atoms with van der Waals surface area (Å²) < 4.78 is 17.0. The van der Waals surface area contributed by atoms with Crippen molar-refractivity contribution in [1.29, 1.82) is 0 Å². The van der Waals surface area contributed by atoms with E-state index in [1.54, 1.807) is 42.5 Å². The lowest BCUT2D eigenvalue weighted by molar-refractivity contribution is -0.139. The van der Waals surface area contributed by atoms with Crippen molar-refractivity contribution < 1.29 is 28.9 Å². The van der Waals surface area contributed by atoms with Crippen LogP contribution in [0.15, 0.2) is 78.4 Å². The molecule has 1 fully saturated rings. The van der Waals surface area contributed by atoms with E-state index in [1.807, 2.05) is 44.2 Å². The molecule has 0 saturated carbocycles. The van der Waals surface area contributed by atoms with Crippen LogP contribution in [0.4, 0.5) is 0 Å². The fraction of sp³-hybridized carbons (Fsp3) is 0.267. The van der Waals surface area contributed by atoms with Crippen molar-refractivity contribution in [3.05, 3.63) is 95.1 Å². The van der Waals surface area contributed by atoms with Gasteiger partial charge in [-0.15, -0.1) is 0 Å². The van der Waals surface area contributed by atoms with Gasteiger partial charge in [-0.3, -0.25) is 9.59 Å². The van der Waals surface area contributed by atoms with Gasteiger partial charge >= 0.3 is 0 Å². The maximum atomic E-state index is 13.1. The zero-order chi connectivity index (χ0) is 26.4. The first-order valence-corrected chi connectivity index (χ1v) is 12.3. The van der Waals surface area contributed by atoms with Crippen LogP contribution in [0, 0.1) is 0 Å². The number of aliphatic hydroxyl groups is 1. The Labute approximate surface area is 216 Å². The van der Waals surface area contributed by atoms with E-state index in [0.717, 1.165) is 5.56 Å². The van der Waals surface area contributed by atoms with Gasteiger partial charge < -0.3 is 24.2 Å². The predicted molar refractivity (Wildman–Crippen MR) is 141 cm³/mol. The number of rotatable bonds is 10. The third-order valence-corrected chi connectivity index (χ3v) is 6.18. The minimum Gasteiger partial charge on any atom is -0.507 e. The van der Waals surface area contributed by atoms with E-state index < -0.39 is 17.7 Å². The largest absolute Gasteiger partial charge is 0.507 e. The lowest BCUT2D eigenvalue weighted by atomic mass is 9.95. The Bertz CT molecular complexity index is 1280. The second-order valence-electron chi connectivity index (χ2n) is 8.63. The molecule has 0 aromatic heterocycles. The molecule has 3 aromatic carbocycles. The average molecular weight is 502 g/mol. The van der Waals surface area contributed by atoms with Crippen LogP contribution in [0.25, 0.3) is 5.76 Å². The number of carbonyl (C=O) groups excluding carboxylic acids is 2. The molecule has 1 heterocycles. The van der Waals surface area contributed by atoms with Gasteiger partial charge in [0, 0.05) is 12.1 Å². The van der Waals surface area contributed by atoms with Crippen LogP contribution in [0.1, 0.15) is 43.0 Å². The minimum absolute atomic E-state index is 0.0441. The molecule has 37 heavy (non-hydrogen) atoms. The van der Waals surface area contributed by atoms with Gasteiger partial charge in [0.15, 0.2) is 11.5 Å². The summed E-state index contributed by atoms with van der Waals surface area (Å²) >= 11 is 0. The molecule has 7 heteroatoms. The van der Waals surface area contributed by atoms with E-state index in [1.165, 1.54) is 12.0 Å². The number of ketones is 1. The van der Waals surface area contributed by atoms with Crippen LogP contribution >= 0.6 is 0 Å². The number of amides is 1. The predicted octanol–water partition coefficient (Wildman–Crippen LogP) is 5.50. The van der Waals surface area contributed by atoms with Gasteiger partial charge in [-0.2, -0.15) is 0 Å². The van der Waals surface area contributed by atoms with Crippen LogP contribution in [-0.2, 0) is 16.2 Å².